The summed E-state index contributed by atoms with van der Waals surface area (Å²) in [5.41, 5.74) is 0.315. The average molecular weight is 251 g/mol. The second-order valence-corrected chi connectivity index (χ2v) is 6.77. The maximum absolute atomic E-state index is 6.37. The van der Waals surface area contributed by atoms with Gasteiger partial charge in [-0.05, 0) is 38.5 Å². The van der Waals surface area contributed by atoms with Crippen LogP contribution in [0, 0.1) is 0 Å². The van der Waals surface area contributed by atoms with Crippen molar-refractivity contribution >= 4 is 0 Å². The van der Waals surface area contributed by atoms with E-state index in [1.165, 1.54) is 77.0 Å². The van der Waals surface area contributed by atoms with Crippen LogP contribution in [0.15, 0.2) is 0 Å². The third-order valence-corrected chi connectivity index (χ3v) is 5.34. The van der Waals surface area contributed by atoms with Crippen molar-refractivity contribution in [1.29, 1.82) is 0 Å². The molecule has 2 nitrogen and oxygen atoms in total. The first-order chi connectivity index (χ1) is 8.86. The molecular weight excluding hydrogens is 222 g/mol. The Morgan fingerprint density at radius 3 is 2.28 bits per heavy atom. The molecule has 1 aliphatic heterocycles. The average Bonchev–Trinajstić information content (AvgIpc) is 2.92. The summed E-state index contributed by atoms with van der Waals surface area (Å²) in [5.74, 6) is 0. The Balaban J connectivity index is 1.41. The van der Waals surface area contributed by atoms with Gasteiger partial charge in [-0.1, -0.05) is 38.5 Å². The summed E-state index contributed by atoms with van der Waals surface area (Å²) in [6, 6.07) is 0.774. The molecule has 1 heterocycles. The third kappa shape index (κ3) is 3.08. The van der Waals surface area contributed by atoms with Gasteiger partial charge in [0, 0.05) is 12.6 Å². The molecule has 2 heteroatoms. The number of hydrogen-bond donors (Lipinski definition) is 1. The van der Waals surface area contributed by atoms with Crippen molar-refractivity contribution in [1.82, 2.24) is 5.32 Å². The molecule has 1 spiro atoms. The molecule has 104 valence electrons. The minimum Gasteiger partial charge on any atom is -0.370 e. The minimum absolute atomic E-state index is 0.315. The SMILES string of the molecule is C1CCCC(NCC2CCC3(CCCC3)O2)CC1. The van der Waals surface area contributed by atoms with Gasteiger partial charge in [0.05, 0.1) is 11.7 Å². The van der Waals surface area contributed by atoms with Crippen molar-refractivity contribution in [3.05, 3.63) is 0 Å². The van der Waals surface area contributed by atoms with Crippen LogP contribution in [0.4, 0.5) is 0 Å². The highest BCUT2D eigenvalue weighted by molar-refractivity contribution is 4.93. The van der Waals surface area contributed by atoms with E-state index in [1.807, 2.05) is 0 Å². The first-order valence-electron chi connectivity index (χ1n) is 8.28. The van der Waals surface area contributed by atoms with E-state index in [9.17, 15) is 0 Å². The molecule has 3 rings (SSSR count). The van der Waals surface area contributed by atoms with Gasteiger partial charge in [0.15, 0.2) is 0 Å². The largest absolute Gasteiger partial charge is 0.370 e. The van der Waals surface area contributed by atoms with E-state index >= 15 is 0 Å². The van der Waals surface area contributed by atoms with E-state index in [4.69, 9.17) is 4.74 Å². The zero-order chi connectivity index (χ0) is 12.3. The van der Waals surface area contributed by atoms with Gasteiger partial charge in [0.2, 0.25) is 0 Å². The molecule has 1 N–H and O–H groups in total. The Bertz CT molecular complexity index is 252. The van der Waals surface area contributed by atoms with Gasteiger partial charge >= 0.3 is 0 Å². The van der Waals surface area contributed by atoms with E-state index in [0.717, 1.165) is 12.6 Å². The molecule has 1 atom stereocenters. The fraction of sp³-hybridized carbons (Fsp3) is 1.00. The predicted molar refractivity (Wildman–Crippen MR) is 74.8 cm³/mol. The summed E-state index contributed by atoms with van der Waals surface area (Å²) >= 11 is 0. The van der Waals surface area contributed by atoms with E-state index in [2.05, 4.69) is 5.32 Å². The van der Waals surface area contributed by atoms with Crippen molar-refractivity contribution in [2.24, 2.45) is 0 Å². The Kier molecular flexibility index (Phi) is 4.25. The van der Waals surface area contributed by atoms with E-state index < -0.39 is 0 Å². The Morgan fingerprint density at radius 1 is 0.833 bits per heavy atom. The molecule has 0 aromatic carbocycles. The number of rotatable bonds is 3. The topological polar surface area (TPSA) is 21.3 Å². The van der Waals surface area contributed by atoms with Gasteiger partial charge in [0.1, 0.15) is 0 Å². The molecule has 1 saturated heterocycles. The maximum Gasteiger partial charge on any atom is 0.0708 e. The number of ether oxygens (including phenoxy) is 1. The van der Waals surface area contributed by atoms with Gasteiger partial charge in [-0.2, -0.15) is 0 Å². The van der Waals surface area contributed by atoms with Crippen LogP contribution >= 0.6 is 0 Å². The van der Waals surface area contributed by atoms with Crippen LogP contribution in [-0.2, 0) is 4.74 Å². The number of hydrogen-bond acceptors (Lipinski definition) is 2. The fourth-order valence-electron chi connectivity index (χ4n) is 4.21. The molecule has 3 aliphatic rings. The zero-order valence-corrected chi connectivity index (χ0v) is 11.8. The van der Waals surface area contributed by atoms with Crippen molar-refractivity contribution in [3.63, 3.8) is 0 Å². The van der Waals surface area contributed by atoms with Gasteiger partial charge in [-0.3, -0.25) is 0 Å². The summed E-state index contributed by atoms with van der Waals surface area (Å²) in [4.78, 5) is 0. The fourth-order valence-corrected chi connectivity index (χ4v) is 4.21. The highest BCUT2D eigenvalue weighted by atomic mass is 16.5. The first kappa shape index (κ1) is 12.9. The first-order valence-corrected chi connectivity index (χ1v) is 8.28. The van der Waals surface area contributed by atoms with Crippen LogP contribution < -0.4 is 5.32 Å². The summed E-state index contributed by atoms with van der Waals surface area (Å²) in [6.45, 7) is 1.10. The standard InChI is InChI=1S/C16H29NO/c1-2-4-8-14(7-3-1)17-13-15-9-12-16(18-15)10-5-6-11-16/h14-15,17H,1-13H2. The maximum atomic E-state index is 6.37. The van der Waals surface area contributed by atoms with Crippen LogP contribution in [0.25, 0.3) is 0 Å². The minimum atomic E-state index is 0.315. The predicted octanol–water partition coefficient (Wildman–Crippen LogP) is 3.79. The van der Waals surface area contributed by atoms with Crippen molar-refractivity contribution in [2.75, 3.05) is 6.54 Å². The second kappa shape index (κ2) is 5.92. The van der Waals surface area contributed by atoms with Crippen molar-refractivity contribution < 1.29 is 4.74 Å². The molecule has 0 amide bonds. The molecular formula is C16H29NO. The molecule has 0 aromatic heterocycles. The molecule has 18 heavy (non-hydrogen) atoms. The number of nitrogens with one attached hydrogen (secondary N) is 1. The van der Waals surface area contributed by atoms with Crippen LogP contribution in [0.2, 0.25) is 0 Å². The van der Waals surface area contributed by atoms with Gasteiger partial charge in [0.25, 0.3) is 0 Å². The highest BCUT2D eigenvalue weighted by Crippen LogP contribution is 2.43. The Morgan fingerprint density at radius 2 is 1.56 bits per heavy atom. The normalized spacial score (nSPS) is 33.0. The Labute approximate surface area is 112 Å². The van der Waals surface area contributed by atoms with E-state index in [0.29, 0.717) is 11.7 Å². The lowest BCUT2D eigenvalue weighted by molar-refractivity contribution is -0.0360. The van der Waals surface area contributed by atoms with Gasteiger partial charge in [-0.15, -0.1) is 0 Å². The van der Waals surface area contributed by atoms with Crippen molar-refractivity contribution in [2.45, 2.75) is 94.8 Å². The lowest BCUT2D eigenvalue weighted by Crippen LogP contribution is -2.36. The lowest BCUT2D eigenvalue weighted by atomic mass is 9.98. The van der Waals surface area contributed by atoms with E-state index in [-0.39, 0.29) is 0 Å². The highest BCUT2D eigenvalue weighted by Gasteiger charge is 2.41. The van der Waals surface area contributed by atoms with Crippen LogP contribution in [0.3, 0.4) is 0 Å². The molecule has 0 aromatic rings. The molecule has 2 aliphatic carbocycles. The summed E-state index contributed by atoms with van der Waals surface area (Å²) in [6.07, 6.45) is 17.1. The Hall–Kier alpha value is -0.0800. The van der Waals surface area contributed by atoms with Gasteiger partial charge in [-0.25, -0.2) is 0 Å². The molecule has 0 radical (unpaired) electrons. The zero-order valence-electron chi connectivity index (χ0n) is 11.8. The van der Waals surface area contributed by atoms with Crippen LogP contribution in [-0.4, -0.2) is 24.3 Å². The van der Waals surface area contributed by atoms with E-state index in [1.54, 1.807) is 0 Å². The molecule has 0 bridgehead atoms. The molecule has 1 unspecified atom stereocenters. The molecule has 2 saturated carbocycles. The summed E-state index contributed by atoms with van der Waals surface area (Å²) < 4.78 is 6.37. The van der Waals surface area contributed by atoms with Gasteiger partial charge < -0.3 is 10.1 Å². The quantitative estimate of drug-likeness (QED) is 0.771. The summed E-state index contributed by atoms with van der Waals surface area (Å²) in [5, 5.41) is 3.78. The molecule has 3 fully saturated rings. The lowest BCUT2D eigenvalue weighted by Gasteiger charge is -2.25. The monoisotopic (exact) mass is 251 g/mol. The van der Waals surface area contributed by atoms with Crippen LogP contribution in [0.5, 0.6) is 0 Å². The van der Waals surface area contributed by atoms with Crippen LogP contribution in [0.1, 0.15) is 77.0 Å². The summed E-state index contributed by atoms with van der Waals surface area (Å²) in [7, 11) is 0. The third-order valence-electron chi connectivity index (χ3n) is 5.34. The second-order valence-electron chi connectivity index (χ2n) is 6.77. The van der Waals surface area contributed by atoms with Crippen molar-refractivity contribution in [3.8, 4) is 0 Å². The smallest absolute Gasteiger partial charge is 0.0708 e.